The number of hydrogen-bond acceptors (Lipinski definition) is 5. The molecule has 186 valence electrons. The molecule has 1 fully saturated rings. The van der Waals surface area contributed by atoms with Crippen molar-refractivity contribution in [1.82, 2.24) is 14.9 Å². The summed E-state index contributed by atoms with van der Waals surface area (Å²) in [6.45, 7) is 3.31. The number of rotatable bonds is 4. The molecule has 4 aromatic rings. The first-order chi connectivity index (χ1) is 17.2. The van der Waals surface area contributed by atoms with Crippen LogP contribution in [-0.4, -0.2) is 47.0 Å². The number of nitrogens with one attached hydrogen (secondary N) is 1. The first-order valence-corrected chi connectivity index (χ1v) is 12.3. The normalized spacial score (nSPS) is 14.4. The summed E-state index contributed by atoms with van der Waals surface area (Å²) in [5.74, 6) is 0.344. The molecule has 1 aliphatic heterocycles. The van der Waals surface area contributed by atoms with E-state index >= 15 is 0 Å². The van der Waals surface area contributed by atoms with Crippen molar-refractivity contribution in [3.8, 4) is 0 Å². The number of carbonyl (C=O) groups is 1. The molecule has 3 heterocycles. The van der Waals surface area contributed by atoms with Crippen molar-refractivity contribution in [2.24, 2.45) is 0 Å². The number of H-pyrrole nitrogens is 1. The maximum Gasteiger partial charge on any atom is 0.416 e. The number of anilines is 1. The van der Waals surface area contributed by atoms with Crippen LogP contribution in [-0.2, 0) is 12.6 Å². The Morgan fingerprint density at radius 2 is 1.78 bits per heavy atom. The number of carbonyl (C=O) groups excluding carboxylic acids is 1. The maximum absolute atomic E-state index is 13.3. The van der Waals surface area contributed by atoms with Crippen LogP contribution in [0.3, 0.4) is 0 Å². The quantitative estimate of drug-likeness (QED) is 0.424. The lowest BCUT2D eigenvalue weighted by atomic mass is 10.1. The molecule has 36 heavy (non-hydrogen) atoms. The number of fused-ring (bicyclic) bond motifs is 1. The van der Waals surface area contributed by atoms with E-state index in [2.05, 4.69) is 9.97 Å². The molecular formula is C26H23F3N4O2S. The molecule has 1 aliphatic rings. The van der Waals surface area contributed by atoms with E-state index in [9.17, 15) is 22.8 Å². The number of aromatic nitrogens is 2. The summed E-state index contributed by atoms with van der Waals surface area (Å²) in [5, 5.41) is 0.419. The van der Waals surface area contributed by atoms with E-state index in [-0.39, 0.29) is 11.5 Å². The lowest BCUT2D eigenvalue weighted by Gasteiger charge is -2.36. The highest BCUT2D eigenvalue weighted by Crippen LogP contribution is 2.32. The maximum atomic E-state index is 13.3. The second-order valence-corrected chi connectivity index (χ2v) is 9.74. The minimum absolute atomic E-state index is 0.191. The Labute approximate surface area is 209 Å². The van der Waals surface area contributed by atoms with Gasteiger partial charge in [-0.25, -0.2) is 4.98 Å². The van der Waals surface area contributed by atoms with Gasteiger partial charge in [0.15, 0.2) is 0 Å². The van der Waals surface area contributed by atoms with Crippen molar-refractivity contribution >= 4 is 33.1 Å². The van der Waals surface area contributed by atoms with E-state index in [1.807, 2.05) is 35.2 Å². The minimum Gasteiger partial charge on any atom is -0.368 e. The molecule has 2 aromatic heterocycles. The number of amides is 1. The third-order valence-corrected chi connectivity index (χ3v) is 7.54. The lowest BCUT2D eigenvalue weighted by molar-refractivity contribution is -0.137. The van der Waals surface area contributed by atoms with E-state index in [1.165, 1.54) is 17.4 Å². The minimum atomic E-state index is -4.40. The smallest absolute Gasteiger partial charge is 0.368 e. The van der Waals surface area contributed by atoms with Gasteiger partial charge in [-0.3, -0.25) is 9.59 Å². The Morgan fingerprint density at radius 3 is 2.47 bits per heavy atom. The topological polar surface area (TPSA) is 69.3 Å². The van der Waals surface area contributed by atoms with Crippen LogP contribution in [0.4, 0.5) is 18.9 Å². The molecule has 0 bridgehead atoms. The van der Waals surface area contributed by atoms with Crippen molar-refractivity contribution in [2.45, 2.75) is 19.5 Å². The van der Waals surface area contributed by atoms with E-state index in [1.54, 1.807) is 17.9 Å². The van der Waals surface area contributed by atoms with Crippen molar-refractivity contribution in [2.75, 3.05) is 31.1 Å². The fourth-order valence-electron chi connectivity index (χ4n) is 4.46. The number of hydrogen-bond donors (Lipinski definition) is 1. The Kier molecular flexibility index (Phi) is 6.29. The molecule has 5 rings (SSSR count). The summed E-state index contributed by atoms with van der Waals surface area (Å²) >= 11 is 1.21. The average Bonchev–Trinajstić information content (AvgIpc) is 3.20. The van der Waals surface area contributed by atoms with Crippen molar-refractivity contribution in [3.05, 3.63) is 92.3 Å². The zero-order valence-electron chi connectivity index (χ0n) is 19.4. The van der Waals surface area contributed by atoms with Crippen LogP contribution in [0.15, 0.2) is 59.4 Å². The molecule has 1 saturated heterocycles. The van der Waals surface area contributed by atoms with Crippen LogP contribution in [0, 0.1) is 6.92 Å². The predicted molar refractivity (Wildman–Crippen MR) is 134 cm³/mol. The van der Waals surface area contributed by atoms with Gasteiger partial charge in [-0.1, -0.05) is 36.4 Å². The van der Waals surface area contributed by atoms with Gasteiger partial charge in [0.25, 0.3) is 11.5 Å². The van der Waals surface area contributed by atoms with Crippen LogP contribution in [0.2, 0.25) is 0 Å². The van der Waals surface area contributed by atoms with Gasteiger partial charge in [0.1, 0.15) is 10.7 Å². The van der Waals surface area contributed by atoms with Gasteiger partial charge in [-0.15, -0.1) is 11.3 Å². The molecular weight excluding hydrogens is 489 g/mol. The van der Waals surface area contributed by atoms with Gasteiger partial charge in [0.2, 0.25) is 0 Å². The molecule has 2 aromatic carbocycles. The number of thiophene rings is 1. The van der Waals surface area contributed by atoms with E-state index in [0.29, 0.717) is 64.8 Å². The molecule has 0 aliphatic carbocycles. The molecule has 1 amide bonds. The van der Waals surface area contributed by atoms with Gasteiger partial charge in [-0.05, 0) is 36.2 Å². The summed E-state index contributed by atoms with van der Waals surface area (Å²) in [6, 6.07) is 14.9. The SMILES string of the molecule is Cc1c(C(=O)N2CCN(c3cccc(C(F)(F)F)c3)CC2)sc2nc(Cc3ccccc3)[nH]c(=O)c12. The Hall–Kier alpha value is -3.66. The highest BCUT2D eigenvalue weighted by Gasteiger charge is 2.32. The highest BCUT2D eigenvalue weighted by molar-refractivity contribution is 7.20. The summed E-state index contributed by atoms with van der Waals surface area (Å²) in [7, 11) is 0. The van der Waals surface area contributed by atoms with Crippen LogP contribution in [0.1, 0.15) is 32.2 Å². The Balaban J connectivity index is 1.33. The van der Waals surface area contributed by atoms with E-state index < -0.39 is 11.7 Å². The molecule has 0 saturated carbocycles. The van der Waals surface area contributed by atoms with Gasteiger partial charge in [0, 0.05) is 38.3 Å². The van der Waals surface area contributed by atoms with Gasteiger partial charge in [0.05, 0.1) is 15.8 Å². The highest BCUT2D eigenvalue weighted by atomic mass is 32.1. The first-order valence-electron chi connectivity index (χ1n) is 11.5. The first kappa shape index (κ1) is 24.1. The summed E-state index contributed by atoms with van der Waals surface area (Å²) < 4.78 is 39.2. The van der Waals surface area contributed by atoms with Crippen LogP contribution < -0.4 is 10.5 Å². The van der Waals surface area contributed by atoms with Crippen molar-refractivity contribution in [1.29, 1.82) is 0 Å². The largest absolute Gasteiger partial charge is 0.416 e. The zero-order chi connectivity index (χ0) is 25.4. The van der Waals surface area contributed by atoms with Gasteiger partial charge < -0.3 is 14.8 Å². The lowest BCUT2D eigenvalue weighted by Crippen LogP contribution is -2.48. The van der Waals surface area contributed by atoms with Crippen LogP contribution >= 0.6 is 11.3 Å². The summed E-state index contributed by atoms with van der Waals surface area (Å²) in [6.07, 6.45) is -3.93. The molecule has 0 unspecified atom stereocenters. The predicted octanol–water partition coefficient (Wildman–Crippen LogP) is 4.87. The number of aromatic amines is 1. The van der Waals surface area contributed by atoms with Crippen molar-refractivity contribution < 1.29 is 18.0 Å². The van der Waals surface area contributed by atoms with E-state index in [0.717, 1.165) is 17.7 Å². The molecule has 0 atom stereocenters. The molecule has 1 N–H and O–H groups in total. The number of halogens is 3. The molecule has 0 spiro atoms. The second kappa shape index (κ2) is 9.42. The number of alkyl halides is 3. The Morgan fingerprint density at radius 1 is 1.06 bits per heavy atom. The van der Waals surface area contributed by atoms with Gasteiger partial charge in [-0.2, -0.15) is 13.2 Å². The van der Waals surface area contributed by atoms with Gasteiger partial charge >= 0.3 is 6.18 Å². The summed E-state index contributed by atoms with van der Waals surface area (Å²) in [4.78, 5) is 38.1. The fraction of sp³-hybridized carbons (Fsp3) is 0.269. The second-order valence-electron chi connectivity index (χ2n) is 8.74. The van der Waals surface area contributed by atoms with Crippen LogP contribution in [0.25, 0.3) is 10.2 Å². The number of aryl methyl sites for hydroxylation is 1. The molecule has 10 heteroatoms. The third-order valence-electron chi connectivity index (χ3n) is 6.36. The number of nitrogens with zero attached hydrogens (tertiary/aromatic N) is 3. The Bertz CT molecular complexity index is 1470. The fourth-order valence-corrected chi connectivity index (χ4v) is 5.62. The van der Waals surface area contributed by atoms with E-state index in [4.69, 9.17) is 0 Å². The average molecular weight is 513 g/mol. The third kappa shape index (κ3) is 4.73. The molecule has 6 nitrogen and oxygen atoms in total. The zero-order valence-corrected chi connectivity index (χ0v) is 20.2. The standard InChI is InChI=1S/C26H23F3N4O2S/c1-16-21-23(34)30-20(14-17-6-3-2-4-7-17)31-24(21)36-22(16)25(35)33-12-10-32(11-13-33)19-9-5-8-18(15-19)26(27,28)29/h2-9,15H,10-14H2,1H3,(H,30,31,34). The monoisotopic (exact) mass is 512 g/mol. The van der Waals surface area contributed by atoms with Crippen molar-refractivity contribution in [3.63, 3.8) is 0 Å². The number of piperazine rings is 1. The van der Waals surface area contributed by atoms with Crippen LogP contribution in [0.5, 0.6) is 0 Å². The number of benzene rings is 2. The summed E-state index contributed by atoms with van der Waals surface area (Å²) in [5.41, 5.74) is 1.14. The molecule has 0 radical (unpaired) electrons.